The van der Waals surface area contributed by atoms with Gasteiger partial charge in [0.05, 0.1) is 5.01 Å². The van der Waals surface area contributed by atoms with Crippen LogP contribution in [0.4, 0.5) is 0 Å². The van der Waals surface area contributed by atoms with Gasteiger partial charge in [-0.2, -0.15) is 11.8 Å². The van der Waals surface area contributed by atoms with Gasteiger partial charge in [-0.1, -0.05) is 6.92 Å². The first kappa shape index (κ1) is 12.4. The largest absolute Gasteiger partial charge is 0.314 e. The minimum absolute atomic E-state index is 0.630. The van der Waals surface area contributed by atoms with Gasteiger partial charge in [-0.25, -0.2) is 4.98 Å². The molecule has 0 aromatic carbocycles. The number of hydrogen-bond acceptors (Lipinski definition) is 4. The SMILES string of the molecule is CCNC(Cc1nc(C)cs1)C1CCSC1. The van der Waals surface area contributed by atoms with Gasteiger partial charge in [0.2, 0.25) is 0 Å². The molecule has 1 fully saturated rings. The molecule has 0 saturated carbocycles. The summed E-state index contributed by atoms with van der Waals surface area (Å²) in [5.41, 5.74) is 1.16. The number of aromatic nitrogens is 1. The molecule has 1 N–H and O–H groups in total. The zero-order valence-corrected chi connectivity index (χ0v) is 11.7. The molecule has 0 amide bonds. The first-order valence-electron chi connectivity index (χ1n) is 6.01. The quantitative estimate of drug-likeness (QED) is 0.877. The summed E-state index contributed by atoms with van der Waals surface area (Å²) in [6, 6.07) is 0.630. The monoisotopic (exact) mass is 256 g/mol. The number of hydrogen-bond donors (Lipinski definition) is 1. The first-order valence-corrected chi connectivity index (χ1v) is 8.05. The van der Waals surface area contributed by atoms with E-state index in [0.29, 0.717) is 6.04 Å². The van der Waals surface area contributed by atoms with Gasteiger partial charge in [0.15, 0.2) is 0 Å². The molecule has 4 heteroatoms. The number of rotatable bonds is 5. The minimum Gasteiger partial charge on any atom is -0.314 e. The molecular weight excluding hydrogens is 236 g/mol. The summed E-state index contributed by atoms with van der Waals surface area (Å²) in [7, 11) is 0. The molecule has 2 unspecified atom stereocenters. The maximum atomic E-state index is 4.58. The van der Waals surface area contributed by atoms with Crippen molar-refractivity contribution in [2.75, 3.05) is 18.1 Å². The van der Waals surface area contributed by atoms with Crippen molar-refractivity contribution in [3.05, 3.63) is 16.1 Å². The summed E-state index contributed by atoms with van der Waals surface area (Å²) in [5.74, 6) is 3.50. The number of thiazole rings is 1. The van der Waals surface area contributed by atoms with E-state index >= 15 is 0 Å². The molecule has 1 saturated heterocycles. The van der Waals surface area contributed by atoms with E-state index in [1.54, 1.807) is 11.3 Å². The molecule has 0 spiro atoms. The Morgan fingerprint density at radius 1 is 1.62 bits per heavy atom. The van der Waals surface area contributed by atoms with Gasteiger partial charge in [-0.15, -0.1) is 11.3 Å². The van der Waals surface area contributed by atoms with Crippen molar-refractivity contribution in [1.29, 1.82) is 0 Å². The van der Waals surface area contributed by atoms with Crippen molar-refractivity contribution in [2.45, 2.75) is 32.7 Å². The van der Waals surface area contributed by atoms with Crippen LogP contribution in [0.3, 0.4) is 0 Å². The second-order valence-electron chi connectivity index (χ2n) is 4.37. The summed E-state index contributed by atoms with van der Waals surface area (Å²) in [5, 5.41) is 7.08. The Morgan fingerprint density at radius 2 is 2.50 bits per heavy atom. The van der Waals surface area contributed by atoms with Crippen LogP contribution in [-0.4, -0.2) is 29.1 Å². The zero-order valence-electron chi connectivity index (χ0n) is 10.0. The van der Waals surface area contributed by atoms with E-state index in [1.807, 2.05) is 0 Å². The molecule has 1 aromatic heterocycles. The van der Waals surface area contributed by atoms with Crippen LogP contribution in [0.25, 0.3) is 0 Å². The Morgan fingerprint density at radius 3 is 3.06 bits per heavy atom. The van der Waals surface area contributed by atoms with E-state index in [0.717, 1.165) is 24.6 Å². The standard InChI is InChI=1S/C12H20N2S2/c1-3-13-11(10-4-5-15-8-10)6-12-14-9(2)7-16-12/h7,10-11,13H,3-6,8H2,1-2H3. The predicted molar refractivity (Wildman–Crippen MR) is 73.5 cm³/mol. The van der Waals surface area contributed by atoms with Crippen molar-refractivity contribution in [2.24, 2.45) is 5.92 Å². The lowest BCUT2D eigenvalue weighted by atomic mass is 9.96. The molecule has 1 aliphatic rings. The van der Waals surface area contributed by atoms with Gasteiger partial charge in [-0.05, 0) is 37.3 Å². The van der Waals surface area contributed by atoms with Gasteiger partial charge >= 0.3 is 0 Å². The molecule has 16 heavy (non-hydrogen) atoms. The van der Waals surface area contributed by atoms with E-state index in [1.165, 1.54) is 22.9 Å². The van der Waals surface area contributed by atoms with Crippen molar-refractivity contribution < 1.29 is 0 Å². The van der Waals surface area contributed by atoms with Crippen LogP contribution in [0.2, 0.25) is 0 Å². The number of likely N-dealkylation sites (N-methyl/N-ethyl adjacent to an activating group) is 1. The third-order valence-electron chi connectivity index (χ3n) is 3.06. The minimum atomic E-state index is 0.630. The van der Waals surface area contributed by atoms with Gasteiger partial charge in [0.1, 0.15) is 0 Å². The van der Waals surface area contributed by atoms with Gasteiger partial charge in [-0.3, -0.25) is 0 Å². The van der Waals surface area contributed by atoms with Gasteiger partial charge < -0.3 is 5.32 Å². The Labute approximate surface area is 106 Å². The maximum absolute atomic E-state index is 4.58. The number of thioether (sulfide) groups is 1. The normalized spacial score (nSPS) is 22.5. The molecule has 2 heterocycles. The summed E-state index contributed by atoms with van der Waals surface area (Å²) >= 11 is 3.90. The van der Waals surface area contributed by atoms with E-state index in [9.17, 15) is 0 Å². The second kappa shape index (κ2) is 6.03. The molecule has 2 nitrogen and oxygen atoms in total. The third-order valence-corrected chi connectivity index (χ3v) is 5.24. The van der Waals surface area contributed by atoms with E-state index in [2.05, 4.69) is 41.3 Å². The van der Waals surface area contributed by atoms with Crippen LogP contribution in [0.15, 0.2) is 5.38 Å². The highest BCUT2D eigenvalue weighted by atomic mass is 32.2. The lowest BCUT2D eigenvalue weighted by Crippen LogP contribution is -2.38. The highest BCUT2D eigenvalue weighted by Gasteiger charge is 2.25. The second-order valence-corrected chi connectivity index (χ2v) is 6.47. The Bertz CT molecular complexity index is 319. The Hall–Kier alpha value is -0.0600. The van der Waals surface area contributed by atoms with Crippen molar-refractivity contribution in [3.63, 3.8) is 0 Å². The Kier molecular flexibility index (Phi) is 4.67. The fourth-order valence-corrected chi connectivity index (χ4v) is 4.39. The van der Waals surface area contributed by atoms with Gasteiger partial charge in [0.25, 0.3) is 0 Å². The highest BCUT2D eigenvalue weighted by molar-refractivity contribution is 7.99. The first-order chi connectivity index (χ1) is 7.79. The average Bonchev–Trinajstić information content (AvgIpc) is 2.88. The summed E-state index contributed by atoms with van der Waals surface area (Å²) in [4.78, 5) is 4.58. The lowest BCUT2D eigenvalue weighted by Gasteiger charge is -2.22. The number of nitrogens with zero attached hydrogens (tertiary/aromatic N) is 1. The van der Waals surface area contributed by atoms with Crippen LogP contribution in [-0.2, 0) is 6.42 Å². The van der Waals surface area contributed by atoms with Crippen LogP contribution in [0, 0.1) is 12.8 Å². The number of nitrogens with one attached hydrogen (secondary N) is 1. The molecule has 1 aliphatic heterocycles. The van der Waals surface area contributed by atoms with Crippen molar-refractivity contribution in [3.8, 4) is 0 Å². The maximum Gasteiger partial charge on any atom is 0.0943 e. The number of aryl methyl sites for hydroxylation is 1. The molecule has 2 atom stereocenters. The highest BCUT2D eigenvalue weighted by Crippen LogP contribution is 2.28. The molecule has 90 valence electrons. The van der Waals surface area contributed by atoms with Crippen LogP contribution < -0.4 is 5.32 Å². The summed E-state index contributed by atoms with van der Waals surface area (Å²) < 4.78 is 0. The topological polar surface area (TPSA) is 24.9 Å². The molecule has 0 bridgehead atoms. The smallest absolute Gasteiger partial charge is 0.0943 e. The van der Waals surface area contributed by atoms with Gasteiger partial charge in [0, 0.05) is 23.5 Å². The molecule has 1 aromatic rings. The molecule has 0 aliphatic carbocycles. The van der Waals surface area contributed by atoms with Crippen LogP contribution in [0.1, 0.15) is 24.0 Å². The summed E-state index contributed by atoms with van der Waals surface area (Å²) in [6.07, 6.45) is 2.48. The Balaban J connectivity index is 1.96. The molecule has 0 radical (unpaired) electrons. The van der Waals surface area contributed by atoms with E-state index < -0.39 is 0 Å². The lowest BCUT2D eigenvalue weighted by molar-refractivity contribution is 0.386. The van der Waals surface area contributed by atoms with Crippen LogP contribution in [0.5, 0.6) is 0 Å². The molecule has 2 rings (SSSR count). The van der Waals surface area contributed by atoms with Crippen molar-refractivity contribution >= 4 is 23.1 Å². The fraction of sp³-hybridized carbons (Fsp3) is 0.750. The van der Waals surface area contributed by atoms with E-state index in [-0.39, 0.29) is 0 Å². The molecular formula is C12H20N2S2. The van der Waals surface area contributed by atoms with Crippen LogP contribution >= 0.6 is 23.1 Å². The average molecular weight is 256 g/mol. The fourth-order valence-electron chi connectivity index (χ4n) is 2.22. The van der Waals surface area contributed by atoms with E-state index in [4.69, 9.17) is 0 Å². The third kappa shape index (κ3) is 3.22. The zero-order chi connectivity index (χ0) is 11.4. The predicted octanol–water partition coefficient (Wildman–Crippen LogP) is 2.73. The van der Waals surface area contributed by atoms with Crippen molar-refractivity contribution in [1.82, 2.24) is 10.3 Å². The summed E-state index contributed by atoms with van der Waals surface area (Å²) in [6.45, 7) is 5.34.